The zero-order valence-corrected chi connectivity index (χ0v) is 15.7. The van der Waals surface area contributed by atoms with Crippen LogP contribution in [0.25, 0.3) is 11.4 Å². The molecule has 3 heterocycles. The van der Waals surface area contributed by atoms with Crippen molar-refractivity contribution < 1.29 is 4.79 Å². The fourth-order valence-corrected chi connectivity index (χ4v) is 3.70. The first-order chi connectivity index (χ1) is 13.1. The highest BCUT2D eigenvalue weighted by Crippen LogP contribution is 2.27. The summed E-state index contributed by atoms with van der Waals surface area (Å²) in [7, 11) is 0. The molecule has 5 nitrogen and oxygen atoms in total. The van der Waals surface area contributed by atoms with E-state index in [4.69, 9.17) is 0 Å². The van der Waals surface area contributed by atoms with Gasteiger partial charge in [-0.3, -0.25) is 9.78 Å². The van der Waals surface area contributed by atoms with E-state index in [2.05, 4.69) is 21.5 Å². The van der Waals surface area contributed by atoms with Gasteiger partial charge in [0.25, 0.3) is 0 Å². The van der Waals surface area contributed by atoms with Gasteiger partial charge in [0.05, 0.1) is 5.92 Å². The van der Waals surface area contributed by atoms with Crippen LogP contribution < -0.4 is 0 Å². The molecule has 1 saturated heterocycles. The summed E-state index contributed by atoms with van der Waals surface area (Å²) in [5.41, 5.74) is 3.24. The van der Waals surface area contributed by atoms with Crippen LogP contribution in [-0.2, 0) is 11.3 Å². The van der Waals surface area contributed by atoms with E-state index in [9.17, 15) is 4.79 Å². The first kappa shape index (κ1) is 17.5. The first-order valence-electron chi connectivity index (χ1n) is 9.39. The molecule has 138 valence electrons. The predicted molar refractivity (Wildman–Crippen MR) is 105 cm³/mol. The summed E-state index contributed by atoms with van der Waals surface area (Å²) in [4.78, 5) is 23.5. The van der Waals surface area contributed by atoms with Gasteiger partial charge in [-0.15, -0.1) is 0 Å². The van der Waals surface area contributed by atoms with Crippen molar-refractivity contribution in [2.75, 3.05) is 13.1 Å². The summed E-state index contributed by atoms with van der Waals surface area (Å²) in [6.07, 6.45) is 5.52. The van der Waals surface area contributed by atoms with Crippen molar-refractivity contribution in [3.05, 3.63) is 72.3 Å². The number of carbonyl (C=O) groups is 1. The lowest BCUT2D eigenvalue weighted by molar-refractivity contribution is -0.139. The van der Waals surface area contributed by atoms with Crippen molar-refractivity contribution in [1.29, 1.82) is 0 Å². The highest BCUT2D eigenvalue weighted by atomic mass is 16.2. The average Bonchev–Trinajstić information content (AvgIpc) is 3.05. The molecule has 2 aromatic heterocycles. The quantitative estimate of drug-likeness (QED) is 0.700. The maximum absolute atomic E-state index is 12.7. The lowest BCUT2D eigenvalue weighted by Crippen LogP contribution is -2.52. The van der Waals surface area contributed by atoms with Gasteiger partial charge in [0.15, 0.2) is 0 Å². The van der Waals surface area contributed by atoms with Gasteiger partial charge in [-0.05, 0) is 31.5 Å². The molecule has 1 unspecified atom stereocenters. The molecule has 0 spiro atoms. The van der Waals surface area contributed by atoms with Gasteiger partial charge in [0.2, 0.25) is 5.91 Å². The molecular weight excluding hydrogens is 336 g/mol. The normalized spacial score (nSPS) is 15.4. The Balaban J connectivity index is 1.40. The van der Waals surface area contributed by atoms with E-state index in [1.807, 2.05) is 66.7 Å². The van der Waals surface area contributed by atoms with Crippen molar-refractivity contribution >= 4 is 5.91 Å². The molecule has 0 radical (unpaired) electrons. The van der Waals surface area contributed by atoms with E-state index in [0.717, 1.165) is 42.3 Å². The number of rotatable bonds is 5. The minimum atomic E-state index is -0.0897. The van der Waals surface area contributed by atoms with Crippen LogP contribution in [0.15, 0.2) is 61.1 Å². The zero-order valence-electron chi connectivity index (χ0n) is 15.7. The van der Waals surface area contributed by atoms with Gasteiger partial charge < -0.3 is 9.47 Å². The third-order valence-corrected chi connectivity index (χ3v) is 5.35. The number of carbonyl (C=O) groups excluding carboxylic acids is 1. The SMILES string of the molecule is Cc1cnc(-c2cccnc2)n1CC1CN(C(=O)C(C)c2ccccc2)C1. The molecule has 0 saturated carbocycles. The fraction of sp³-hybridized carbons (Fsp3) is 0.318. The van der Waals surface area contributed by atoms with Crippen molar-refractivity contribution in [2.45, 2.75) is 26.3 Å². The molecule has 4 rings (SSSR count). The minimum absolute atomic E-state index is 0.0897. The number of aromatic nitrogens is 3. The third kappa shape index (κ3) is 3.50. The summed E-state index contributed by atoms with van der Waals surface area (Å²) < 4.78 is 2.24. The molecule has 27 heavy (non-hydrogen) atoms. The third-order valence-electron chi connectivity index (χ3n) is 5.35. The van der Waals surface area contributed by atoms with Crippen LogP contribution in [0.3, 0.4) is 0 Å². The van der Waals surface area contributed by atoms with Crippen LogP contribution in [-0.4, -0.2) is 38.4 Å². The zero-order chi connectivity index (χ0) is 18.8. The molecule has 1 fully saturated rings. The van der Waals surface area contributed by atoms with Gasteiger partial charge in [0.1, 0.15) is 5.82 Å². The minimum Gasteiger partial charge on any atom is -0.341 e. The number of benzene rings is 1. The Bertz CT molecular complexity index is 914. The summed E-state index contributed by atoms with van der Waals surface area (Å²) in [6.45, 7) is 6.55. The lowest BCUT2D eigenvalue weighted by Gasteiger charge is -2.41. The number of hydrogen-bond acceptors (Lipinski definition) is 3. The van der Waals surface area contributed by atoms with Crippen LogP contribution in [0.1, 0.15) is 24.1 Å². The highest BCUT2D eigenvalue weighted by molar-refractivity contribution is 5.84. The van der Waals surface area contributed by atoms with Crippen molar-refractivity contribution in [2.24, 2.45) is 5.92 Å². The van der Waals surface area contributed by atoms with Gasteiger partial charge >= 0.3 is 0 Å². The number of amides is 1. The maximum Gasteiger partial charge on any atom is 0.229 e. The Morgan fingerprint density at radius 3 is 2.63 bits per heavy atom. The van der Waals surface area contributed by atoms with E-state index in [-0.39, 0.29) is 11.8 Å². The van der Waals surface area contributed by atoms with Gasteiger partial charge in [0, 0.05) is 55.4 Å². The van der Waals surface area contributed by atoms with Crippen LogP contribution in [0.4, 0.5) is 0 Å². The molecule has 1 aliphatic heterocycles. The number of nitrogens with zero attached hydrogens (tertiary/aromatic N) is 4. The molecule has 1 aliphatic rings. The van der Waals surface area contributed by atoms with Crippen molar-refractivity contribution in [3.8, 4) is 11.4 Å². The number of pyridine rings is 1. The molecule has 0 aliphatic carbocycles. The molecule has 0 N–H and O–H groups in total. The molecule has 1 aromatic carbocycles. The van der Waals surface area contributed by atoms with Crippen LogP contribution in [0, 0.1) is 12.8 Å². The summed E-state index contributed by atoms with van der Waals surface area (Å²) in [6, 6.07) is 14.0. The van der Waals surface area contributed by atoms with Crippen LogP contribution in [0.5, 0.6) is 0 Å². The van der Waals surface area contributed by atoms with Gasteiger partial charge in [-0.1, -0.05) is 30.3 Å². The second kappa shape index (κ2) is 7.35. The Morgan fingerprint density at radius 1 is 1.15 bits per heavy atom. The smallest absolute Gasteiger partial charge is 0.229 e. The second-order valence-electron chi connectivity index (χ2n) is 7.32. The van der Waals surface area contributed by atoms with Crippen molar-refractivity contribution in [1.82, 2.24) is 19.4 Å². The largest absolute Gasteiger partial charge is 0.341 e. The standard InChI is InChI=1S/C22H24N4O/c1-16-11-24-21(20-9-6-10-23-12-20)26(16)15-18-13-25(14-18)22(27)17(2)19-7-4-3-5-8-19/h3-12,17-18H,13-15H2,1-2H3. The molecule has 3 aromatic rings. The highest BCUT2D eigenvalue weighted by Gasteiger charge is 2.34. The maximum atomic E-state index is 12.7. The molecule has 5 heteroatoms. The van der Waals surface area contributed by atoms with E-state index >= 15 is 0 Å². The number of likely N-dealkylation sites (tertiary alicyclic amines) is 1. The number of hydrogen-bond donors (Lipinski definition) is 0. The average molecular weight is 360 g/mol. The van der Waals surface area contributed by atoms with E-state index < -0.39 is 0 Å². The lowest BCUT2D eigenvalue weighted by atomic mass is 9.94. The van der Waals surface area contributed by atoms with Gasteiger partial charge in [-0.25, -0.2) is 4.98 Å². The summed E-state index contributed by atoms with van der Waals surface area (Å²) >= 11 is 0. The number of imidazole rings is 1. The Morgan fingerprint density at radius 2 is 1.93 bits per heavy atom. The topological polar surface area (TPSA) is 51.0 Å². The second-order valence-corrected chi connectivity index (χ2v) is 7.32. The molecular formula is C22H24N4O. The van der Waals surface area contributed by atoms with E-state index in [1.54, 1.807) is 6.20 Å². The van der Waals surface area contributed by atoms with Gasteiger partial charge in [-0.2, -0.15) is 0 Å². The van der Waals surface area contributed by atoms with Crippen LogP contribution in [0.2, 0.25) is 0 Å². The van der Waals surface area contributed by atoms with Crippen molar-refractivity contribution in [3.63, 3.8) is 0 Å². The first-order valence-corrected chi connectivity index (χ1v) is 9.39. The Kier molecular flexibility index (Phi) is 4.75. The Hall–Kier alpha value is -2.95. The number of aryl methyl sites for hydroxylation is 1. The van der Waals surface area contributed by atoms with E-state index in [0.29, 0.717) is 5.92 Å². The van der Waals surface area contributed by atoms with E-state index in [1.165, 1.54) is 0 Å². The summed E-state index contributed by atoms with van der Waals surface area (Å²) in [5, 5.41) is 0. The molecule has 1 atom stereocenters. The Labute approximate surface area is 159 Å². The summed E-state index contributed by atoms with van der Waals surface area (Å²) in [5.74, 6) is 1.53. The molecule has 0 bridgehead atoms. The fourth-order valence-electron chi connectivity index (χ4n) is 3.70. The monoisotopic (exact) mass is 360 g/mol. The predicted octanol–water partition coefficient (Wildman–Crippen LogP) is 3.52. The van der Waals surface area contributed by atoms with Crippen LogP contribution >= 0.6 is 0 Å². The molecule has 1 amide bonds.